The molecule has 29 heavy (non-hydrogen) atoms. The zero-order chi connectivity index (χ0) is 20.1. The first-order chi connectivity index (χ1) is 14.2. The van der Waals surface area contributed by atoms with E-state index in [-0.39, 0.29) is 5.91 Å². The molecule has 4 aromatic rings. The number of aryl methyl sites for hydroxylation is 1. The van der Waals surface area contributed by atoms with Gasteiger partial charge in [-0.1, -0.05) is 41.7 Å². The summed E-state index contributed by atoms with van der Waals surface area (Å²) in [5.41, 5.74) is 3.03. The second-order valence-electron chi connectivity index (χ2n) is 6.65. The maximum atomic E-state index is 13.2. The fourth-order valence-corrected chi connectivity index (χ4v) is 4.11. The van der Waals surface area contributed by atoms with Crippen molar-refractivity contribution in [3.05, 3.63) is 84.2 Å². The van der Waals surface area contributed by atoms with Crippen molar-refractivity contribution in [3.63, 3.8) is 0 Å². The Bertz CT molecular complexity index is 1100. The topological polar surface area (TPSA) is 55.3 Å². The molecule has 0 saturated heterocycles. The number of thiazole rings is 1. The van der Waals surface area contributed by atoms with Crippen LogP contribution in [-0.4, -0.2) is 23.0 Å². The third-order valence-corrected chi connectivity index (χ3v) is 5.72. The third kappa shape index (κ3) is 4.60. The van der Waals surface area contributed by atoms with Crippen LogP contribution in [0, 0.1) is 0 Å². The maximum Gasteiger partial charge on any atom is 0.229 e. The lowest BCUT2D eigenvalue weighted by molar-refractivity contribution is -0.118. The van der Waals surface area contributed by atoms with Crippen LogP contribution in [-0.2, 0) is 17.8 Å². The summed E-state index contributed by atoms with van der Waals surface area (Å²) in [6.07, 6.45) is 4.61. The average Bonchev–Trinajstić information content (AvgIpc) is 3.20. The number of amides is 1. The van der Waals surface area contributed by atoms with Gasteiger partial charge in [-0.3, -0.25) is 14.7 Å². The van der Waals surface area contributed by atoms with E-state index in [9.17, 15) is 4.79 Å². The summed E-state index contributed by atoms with van der Waals surface area (Å²) in [6.45, 7) is 0.465. The van der Waals surface area contributed by atoms with Crippen molar-refractivity contribution in [2.24, 2.45) is 0 Å². The number of hydrogen-bond acceptors (Lipinski definition) is 5. The van der Waals surface area contributed by atoms with Crippen molar-refractivity contribution in [1.82, 2.24) is 9.97 Å². The van der Waals surface area contributed by atoms with Crippen LogP contribution in [0.1, 0.15) is 17.5 Å². The number of rotatable bonds is 7. The van der Waals surface area contributed by atoms with Gasteiger partial charge in [-0.05, 0) is 47.9 Å². The SMILES string of the molecule is COc1ccc2nc(N(Cc3ccncc3)C(=O)CCc3ccccc3)sc2c1. The minimum Gasteiger partial charge on any atom is -0.497 e. The number of carbonyl (C=O) groups excluding carboxylic acids is 1. The first-order valence-electron chi connectivity index (χ1n) is 9.41. The molecule has 0 fully saturated rings. The molecule has 2 heterocycles. The molecule has 5 nitrogen and oxygen atoms in total. The number of ether oxygens (including phenoxy) is 1. The highest BCUT2D eigenvalue weighted by molar-refractivity contribution is 7.22. The van der Waals surface area contributed by atoms with Crippen molar-refractivity contribution in [1.29, 1.82) is 0 Å². The molecule has 0 N–H and O–H groups in total. The van der Waals surface area contributed by atoms with E-state index in [0.717, 1.165) is 27.1 Å². The number of hydrogen-bond donors (Lipinski definition) is 0. The van der Waals surface area contributed by atoms with Crippen molar-refractivity contribution in [2.75, 3.05) is 12.0 Å². The van der Waals surface area contributed by atoms with Crippen LogP contribution in [0.15, 0.2) is 73.1 Å². The highest BCUT2D eigenvalue weighted by atomic mass is 32.1. The van der Waals surface area contributed by atoms with Crippen LogP contribution in [0.5, 0.6) is 5.75 Å². The summed E-state index contributed by atoms with van der Waals surface area (Å²) in [5, 5.41) is 0.697. The summed E-state index contributed by atoms with van der Waals surface area (Å²) < 4.78 is 6.31. The summed E-state index contributed by atoms with van der Waals surface area (Å²) in [4.78, 5) is 23.7. The molecule has 0 saturated carbocycles. The van der Waals surface area contributed by atoms with E-state index < -0.39 is 0 Å². The van der Waals surface area contributed by atoms with Gasteiger partial charge in [0.05, 0.1) is 23.9 Å². The van der Waals surface area contributed by atoms with Gasteiger partial charge in [0.2, 0.25) is 5.91 Å². The van der Waals surface area contributed by atoms with E-state index in [1.165, 1.54) is 11.3 Å². The van der Waals surface area contributed by atoms with Crippen LogP contribution in [0.4, 0.5) is 5.13 Å². The minimum absolute atomic E-state index is 0.0525. The molecule has 0 aliphatic heterocycles. The number of nitrogens with zero attached hydrogens (tertiary/aromatic N) is 3. The fraction of sp³-hybridized carbons (Fsp3) is 0.174. The van der Waals surface area contributed by atoms with Crippen LogP contribution in [0.25, 0.3) is 10.2 Å². The van der Waals surface area contributed by atoms with Crippen molar-refractivity contribution < 1.29 is 9.53 Å². The van der Waals surface area contributed by atoms with Gasteiger partial charge in [-0.25, -0.2) is 4.98 Å². The molecule has 0 radical (unpaired) electrons. The number of carbonyl (C=O) groups is 1. The molecule has 0 atom stereocenters. The van der Waals surface area contributed by atoms with E-state index >= 15 is 0 Å². The summed E-state index contributed by atoms with van der Waals surface area (Å²) in [6, 6.07) is 19.7. The Morgan fingerprint density at radius 1 is 1.03 bits per heavy atom. The van der Waals surface area contributed by atoms with Gasteiger partial charge in [0.1, 0.15) is 5.75 Å². The molecule has 0 bridgehead atoms. The normalized spacial score (nSPS) is 10.8. The molecular formula is C23H21N3O2S. The second kappa shape index (κ2) is 8.84. The Morgan fingerprint density at radius 3 is 2.59 bits per heavy atom. The number of aromatic nitrogens is 2. The number of methoxy groups -OCH3 is 1. The molecule has 1 amide bonds. The van der Waals surface area contributed by atoms with E-state index in [1.54, 1.807) is 24.4 Å². The lowest BCUT2D eigenvalue weighted by Gasteiger charge is -2.20. The average molecular weight is 404 g/mol. The molecular weight excluding hydrogens is 382 g/mol. The molecule has 0 aliphatic carbocycles. The monoisotopic (exact) mass is 403 g/mol. The zero-order valence-corrected chi connectivity index (χ0v) is 16.9. The van der Waals surface area contributed by atoms with Crippen LogP contribution < -0.4 is 9.64 Å². The molecule has 4 rings (SSSR count). The number of benzene rings is 2. The molecule has 0 unspecified atom stereocenters. The fourth-order valence-electron chi connectivity index (χ4n) is 3.10. The predicted molar refractivity (Wildman–Crippen MR) is 116 cm³/mol. The highest BCUT2D eigenvalue weighted by Gasteiger charge is 2.20. The number of fused-ring (bicyclic) bond motifs is 1. The van der Waals surface area contributed by atoms with Crippen LogP contribution in [0.3, 0.4) is 0 Å². The Kier molecular flexibility index (Phi) is 5.81. The second-order valence-corrected chi connectivity index (χ2v) is 7.66. The van der Waals surface area contributed by atoms with Gasteiger partial charge in [-0.15, -0.1) is 0 Å². The van der Waals surface area contributed by atoms with Gasteiger partial charge in [-0.2, -0.15) is 0 Å². The third-order valence-electron chi connectivity index (χ3n) is 4.68. The van der Waals surface area contributed by atoms with E-state index in [0.29, 0.717) is 24.5 Å². The zero-order valence-electron chi connectivity index (χ0n) is 16.1. The van der Waals surface area contributed by atoms with Gasteiger partial charge in [0.25, 0.3) is 0 Å². The Hall–Kier alpha value is -3.25. The summed E-state index contributed by atoms with van der Waals surface area (Å²) in [7, 11) is 1.64. The first kappa shape index (κ1) is 19.1. The van der Waals surface area contributed by atoms with Crippen LogP contribution >= 0.6 is 11.3 Å². The first-order valence-corrected chi connectivity index (χ1v) is 10.2. The van der Waals surface area contributed by atoms with Crippen LogP contribution in [0.2, 0.25) is 0 Å². The van der Waals surface area contributed by atoms with Gasteiger partial charge in [0, 0.05) is 18.8 Å². The number of pyridine rings is 1. The lowest BCUT2D eigenvalue weighted by Crippen LogP contribution is -2.30. The molecule has 0 spiro atoms. The molecule has 2 aromatic heterocycles. The van der Waals surface area contributed by atoms with E-state index in [4.69, 9.17) is 9.72 Å². The molecule has 146 valence electrons. The molecule has 6 heteroatoms. The summed E-state index contributed by atoms with van der Waals surface area (Å²) in [5.74, 6) is 0.834. The van der Waals surface area contributed by atoms with Crippen molar-refractivity contribution >= 4 is 32.6 Å². The Morgan fingerprint density at radius 2 is 1.83 bits per heavy atom. The quantitative estimate of drug-likeness (QED) is 0.442. The van der Waals surface area contributed by atoms with E-state index in [2.05, 4.69) is 4.98 Å². The van der Waals surface area contributed by atoms with Gasteiger partial charge >= 0.3 is 0 Å². The standard InChI is InChI=1S/C23H21N3O2S/c1-28-19-8-9-20-21(15-19)29-23(25-20)26(16-18-11-13-24-14-12-18)22(27)10-7-17-5-3-2-4-6-17/h2-6,8-9,11-15H,7,10,16H2,1H3. The number of anilines is 1. The maximum absolute atomic E-state index is 13.2. The van der Waals surface area contributed by atoms with Gasteiger partial charge < -0.3 is 4.74 Å². The van der Waals surface area contributed by atoms with Crippen molar-refractivity contribution in [2.45, 2.75) is 19.4 Å². The largest absolute Gasteiger partial charge is 0.497 e. The Labute approximate surface area is 173 Å². The van der Waals surface area contributed by atoms with Crippen molar-refractivity contribution in [3.8, 4) is 5.75 Å². The van der Waals surface area contributed by atoms with E-state index in [1.807, 2.05) is 60.7 Å². The minimum atomic E-state index is 0.0525. The summed E-state index contributed by atoms with van der Waals surface area (Å²) >= 11 is 1.50. The predicted octanol–water partition coefficient (Wildman–Crippen LogP) is 4.87. The molecule has 0 aliphatic rings. The lowest BCUT2D eigenvalue weighted by atomic mass is 10.1. The smallest absolute Gasteiger partial charge is 0.229 e. The van der Waals surface area contributed by atoms with Gasteiger partial charge in [0.15, 0.2) is 5.13 Å². The highest BCUT2D eigenvalue weighted by Crippen LogP contribution is 2.32. The molecule has 2 aromatic carbocycles. The Balaban J connectivity index is 1.61.